The van der Waals surface area contributed by atoms with Crippen LogP contribution in [-0.4, -0.2) is 6.26 Å². The second kappa shape index (κ2) is 3.54. The molecule has 74 valence electrons. The van der Waals surface area contributed by atoms with E-state index >= 15 is 0 Å². The molecule has 3 rings (SSSR count). The van der Waals surface area contributed by atoms with Crippen LogP contribution in [0.4, 0.5) is 0 Å². The predicted octanol–water partition coefficient (Wildman–Crippen LogP) is 4.78. The first kappa shape index (κ1) is 9.25. The molecule has 2 heteroatoms. The molecular weight excluding hydrogens is 220 g/mol. The first-order valence-corrected chi connectivity index (χ1v) is 6.88. The van der Waals surface area contributed by atoms with Gasteiger partial charge in [-0.3, -0.25) is 0 Å². The summed E-state index contributed by atoms with van der Waals surface area (Å²) in [6.07, 6.45) is 2.14. The number of hydrogen-bond donors (Lipinski definition) is 0. The Morgan fingerprint density at radius 3 is 2.60 bits per heavy atom. The van der Waals surface area contributed by atoms with Crippen LogP contribution in [0.3, 0.4) is 0 Å². The molecule has 0 fully saturated rings. The van der Waals surface area contributed by atoms with Crippen molar-refractivity contribution >= 4 is 43.3 Å². The summed E-state index contributed by atoms with van der Waals surface area (Å²) in [5, 5.41) is 2.77. The van der Waals surface area contributed by atoms with Crippen LogP contribution in [-0.2, 0) is 0 Å². The molecule has 1 aromatic heterocycles. The van der Waals surface area contributed by atoms with Crippen molar-refractivity contribution in [2.75, 3.05) is 6.26 Å². The topological polar surface area (TPSA) is 0 Å². The van der Waals surface area contributed by atoms with Gasteiger partial charge in [0.1, 0.15) is 0 Å². The van der Waals surface area contributed by atoms with Crippen molar-refractivity contribution in [1.29, 1.82) is 0 Å². The highest BCUT2D eigenvalue weighted by molar-refractivity contribution is 7.99. The Balaban J connectivity index is 2.53. The number of benzene rings is 2. The smallest absolute Gasteiger partial charge is 0.0491 e. The third kappa shape index (κ3) is 1.36. The van der Waals surface area contributed by atoms with Gasteiger partial charge in [-0.05, 0) is 18.4 Å². The van der Waals surface area contributed by atoms with Crippen LogP contribution in [0.1, 0.15) is 0 Å². The van der Waals surface area contributed by atoms with Crippen LogP contribution >= 0.6 is 23.1 Å². The van der Waals surface area contributed by atoms with Crippen LogP contribution in [0.25, 0.3) is 20.2 Å². The summed E-state index contributed by atoms with van der Waals surface area (Å²) in [7, 11) is 0. The quantitative estimate of drug-likeness (QED) is 0.542. The minimum absolute atomic E-state index is 1.38. The first-order valence-electron chi connectivity index (χ1n) is 4.84. The molecule has 0 nitrogen and oxygen atoms in total. The minimum Gasteiger partial charge on any atom is -0.134 e. The molecule has 0 saturated heterocycles. The van der Waals surface area contributed by atoms with Gasteiger partial charge >= 0.3 is 0 Å². The summed E-state index contributed by atoms with van der Waals surface area (Å²) in [5.74, 6) is 0. The lowest BCUT2D eigenvalue weighted by atomic mass is 10.1. The molecule has 0 spiro atoms. The Hall–Kier alpha value is -0.990. The number of fused-ring (bicyclic) bond motifs is 3. The highest BCUT2D eigenvalue weighted by Gasteiger charge is 2.06. The Morgan fingerprint density at radius 2 is 1.73 bits per heavy atom. The average Bonchev–Trinajstić information content (AvgIpc) is 2.67. The van der Waals surface area contributed by atoms with E-state index in [0.717, 1.165) is 0 Å². The fourth-order valence-electron chi connectivity index (χ4n) is 1.88. The van der Waals surface area contributed by atoms with Gasteiger partial charge in [-0.15, -0.1) is 23.1 Å². The van der Waals surface area contributed by atoms with Gasteiger partial charge in [0.05, 0.1) is 0 Å². The fourth-order valence-corrected chi connectivity index (χ4v) is 3.88. The highest BCUT2D eigenvalue weighted by Crippen LogP contribution is 2.38. The van der Waals surface area contributed by atoms with Gasteiger partial charge in [0.2, 0.25) is 0 Å². The van der Waals surface area contributed by atoms with Gasteiger partial charge in [0.25, 0.3) is 0 Å². The monoisotopic (exact) mass is 230 g/mol. The first-order chi connectivity index (χ1) is 7.40. The Morgan fingerprint density at radius 1 is 0.933 bits per heavy atom. The van der Waals surface area contributed by atoms with Gasteiger partial charge in [0, 0.05) is 25.1 Å². The molecule has 1 heterocycles. The van der Waals surface area contributed by atoms with Gasteiger partial charge in [-0.1, -0.05) is 30.3 Å². The van der Waals surface area contributed by atoms with E-state index in [1.165, 1.54) is 25.1 Å². The summed E-state index contributed by atoms with van der Waals surface area (Å²) in [6.45, 7) is 0. The Labute approximate surface area is 96.9 Å². The third-order valence-electron chi connectivity index (χ3n) is 2.59. The van der Waals surface area contributed by atoms with E-state index in [1.807, 2.05) is 23.1 Å². The molecule has 0 amide bonds. The molecule has 0 saturated carbocycles. The largest absolute Gasteiger partial charge is 0.134 e. The summed E-state index contributed by atoms with van der Waals surface area (Å²) >= 11 is 3.72. The standard InChI is InChI=1S/C13H10S2/c1-14-12-8-4-6-10-9-5-2-3-7-11(9)15-13(10)12/h2-8H,1H3. The SMILES string of the molecule is CSc1cccc2c1sc1ccccc12. The maximum Gasteiger partial charge on any atom is 0.0491 e. The molecule has 0 atom stereocenters. The number of thioether (sulfide) groups is 1. The van der Waals surface area contributed by atoms with Crippen LogP contribution < -0.4 is 0 Å². The molecule has 0 bridgehead atoms. The van der Waals surface area contributed by atoms with E-state index in [9.17, 15) is 0 Å². The molecule has 2 aromatic carbocycles. The molecule has 0 aliphatic heterocycles. The zero-order chi connectivity index (χ0) is 10.3. The van der Waals surface area contributed by atoms with Crippen molar-refractivity contribution in [1.82, 2.24) is 0 Å². The average molecular weight is 230 g/mol. The summed E-state index contributed by atoms with van der Waals surface area (Å²) in [6, 6.07) is 15.2. The molecule has 0 aliphatic rings. The van der Waals surface area contributed by atoms with Crippen molar-refractivity contribution < 1.29 is 0 Å². The highest BCUT2D eigenvalue weighted by atomic mass is 32.2. The molecule has 3 aromatic rings. The van der Waals surface area contributed by atoms with Crippen molar-refractivity contribution in [3.8, 4) is 0 Å². The van der Waals surface area contributed by atoms with Gasteiger partial charge in [-0.25, -0.2) is 0 Å². The van der Waals surface area contributed by atoms with Crippen molar-refractivity contribution in [3.63, 3.8) is 0 Å². The summed E-state index contributed by atoms with van der Waals surface area (Å²) in [4.78, 5) is 1.38. The number of thiophene rings is 1. The molecule has 0 radical (unpaired) electrons. The Bertz CT molecular complexity index is 623. The molecular formula is C13H10S2. The predicted molar refractivity (Wildman–Crippen MR) is 71.1 cm³/mol. The van der Waals surface area contributed by atoms with E-state index in [1.54, 1.807) is 0 Å². The second-order valence-corrected chi connectivity index (χ2v) is 5.34. The summed E-state index contributed by atoms with van der Waals surface area (Å²) in [5.41, 5.74) is 0. The number of hydrogen-bond acceptors (Lipinski definition) is 2. The van der Waals surface area contributed by atoms with E-state index in [-0.39, 0.29) is 0 Å². The van der Waals surface area contributed by atoms with Gasteiger partial charge in [0.15, 0.2) is 0 Å². The van der Waals surface area contributed by atoms with E-state index in [0.29, 0.717) is 0 Å². The molecule has 15 heavy (non-hydrogen) atoms. The molecule has 0 unspecified atom stereocenters. The maximum absolute atomic E-state index is 2.22. The van der Waals surface area contributed by atoms with Crippen molar-refractivity contribution in [2.24, 2.45) is 0 Å². The van der Waals surface area contributed by atoms with E-state index in [2.05, 4.69) is 48.7 Å². The zero-order valence-electron chi connectivity index (χ0n) is 8.36. The molecule has 0 N–H and O–H groups in total. The van der Waals surface area contributed by atoms with Crippen LogP contribution in [0, 0.1) is 0 Å². The normalized spacial score (nSPS) is 11.3. The van der Waals surface area contributed by atoms with Crippen LogP contribution in [0.2, 0.25) is 0 Å². The zero-order valence-corrected chi connectivity index (χ0v) is 9.99. The lowest BCUT2D eigenvalue weighted by molar-refractivity contribution is 1.60. The number of rotatable bonds is 1. The van der Waals surface area contributed by atoms with E-state index in [4.69, 9.17) is 0 Å². The lowest BCUT2D eigenvalue weighted by Crippen LogP contribution is -1.69. The van der Waals surface area contributed by atoms with Gasteiger partial charge < -0.3 is 0 Å². The third-order valence-corrected chi connectivity index (χ3v) is 4.72. The maximum atomic E-state index is 2.22. The van der Waals surface area contributed by atoms with Crippen molar-refractivity contribution in [3.05, 3.63) is 42.5 Å². The van der Waals surface area contributed by atoms with Crippen LogP contribution in [0.15, 0.2) is 47.4 Å². The van der Waals surface area contributed by atoms with Crippen LogP contribution in [0.5, 0.6) is 0 Å². The minimum atomic E-state index is 1.38. The second-order valence-electron chi connectivity index (χ2n) is 3.44. The Kier molecular flexibility index (Phi) is 2.19. The summed E-state index contributed by atoms with van der Waals surface area (Å²) < 4.78 is 2.81. The van der Waals surface area contributed by atoms with Crippen molar-refractivity contribution in [2.45, 2.75) is 4.90 Å². The van der Waals surface area contributed by atoms with Gasteiger partial charge in [-0.2, -0.15) is 0 Å². The molecule has 0 aliphatic carbocycles. The lowest BCUT2D eigenvalue weighted by Gasteiger charge is -1.96. The fraction of sp³-hybridized carbons (Fsp3) is 0.0769. The van der Waals surface area contributed by atoms with E-state index < -0.39 is 0 Å².